The van der Waals surface area contributed by atoms with E-state index in [1.165, 1.54) is 23.5 Å². The van der Waals surface area contributed by atoms with Crippen molar-refractivity contribution in [3.05, 3.63) is 66.2 Å². The molecule has 2 saturated heterocycles. The number of amides is 4. The Kier molecular flexibility index (Phi) is 14.7. The molecule has 3 aromatic heterocycles. The van der Waals surface area contributed by atoms with Gasteiger partial charge in [-0.15, -0.1) is 11.3 Å². The Morgan fingerprint density at radius 3 is 2.53 bits per heavy atom. The number of unbranched alkanes of at least 4 members (excludes halogenated alkanes) is 2. The molecule has 0 radical (unpaired) electrons. The van der Waals surface area contributed by atoms with Crippen molar-refractivity contribution < 1.29 is 33.0 Å². The number of ether oxygens (including phenoxy) is 2. The largest absolute Gasteiger partial charge is 0.456 e. The Morgan fingerprint density at radius 1 is 0.915 bits per heavy atom. The van der Waals surface area contributed by atoms with Crippen LogP contribution in [0.1, 0.15) is 76.7 Å². The van der Waals surface area contributed by atoms with Gasteiger partial charge in [0.25, 0.3) is 5.91 Å². The number of anilines is 1. The van der Waals surface area contributed by atoms with Gasteiger partial charge >= 0.3 is 12.0 Å². The SMILES string of the molecule is CCCCC(=O)NC1CCSC1CCCCC(=O)OCC(=O)N1CCN(Cc2ccc(-c3cc4nccc(Oc5ccc(NC(=O)NC6CC6)cc5F)c4s3)nc2)CC1. The molecule has 3 N–H and O–H groups in total. The number of pyridine rings is 2. The highest BCUT2D eigenvalue weighted by Crippen LogP contribution is 2.39. The lowest BCUT2D eigenvalue weighted by Crippen LogP contribution is -2.49. The summed E-state index contributed by atoms with van der Waals surface area (Å²) in [7, 11) is 0. The van der Waals surface area contributed by atoms with Crippen molar-refractivity contribution >= 4 is 62.8 Å². The lowest BCUT2D eigenvalue weighted by Gasteiger charge is -2.34. The predicted octanol–water partition coefficient (Wildman–Crippen LogP) is 7.50. The number of nitrogens with one attached hydrogen (secondary N) is 3. The Hall–Kier alpha value is -4.80. The van der Waals surface area contributed by atoms with Gasteiger partial charge in [-0.1, -0.05) is 25.8 Å². The third-order valence-electron chi connectivity index (χ3n) is 10.7. The summed E-state index contributed by atoms with van der Waals surface area (Å²) in [5.74, 6) is 0.566. The Bertz CT molecular complexity index is 2090. The minimum Gasteiger partial charge on any atom is -0.456 e. The van der Waals surface area contributed by atoms with E-state index < -0.39 is 5.82 Å². The van der Waals surface area contributed by atoms with Gasteiger partial charge in [0.2, 0.25) is 5.91 Å². The van der Waals surface area contributed by atoms with E-state index in [0.717, 1.165) is 71.5 Å². The summed E-state index contributed by atoms with van der Waals surface area (Å²) in [6.45, 7) is 5.03. The molecular weight excluding hydrogens is 794 g/mol. The molecule has 2 unspecified atom stereocenters. The lowest BCUT2D eigenvalue weighted by atomic mass is 10.0. The fourth-order valence-electron chi connectivity index (χ4n) is 7.19. The summed E-state index contributed by atoms with van der Waals surface area (Å²) in [5, 5.41) is 9.06. The first-order chi connectivity index (χ1) is 28.7. The topological polar surface area (TPSA) is 155 Å². The number of hydrogen-bond donors (Lipinski definition) is 3. The summed E-state index contributed by atoms with van der Waals surface area (Å²) in [6.07, 6.45) is 11.7. The molecule has 4 amide bonds. The van der Waals surface area contributed by atoms with Crippen LogP contribution in [0.2, 0.25) is 0 Å². The third-order valence-corrected chi connectivity index (χ3v) is 13.3. The maximum Gasteiger partial charge on any atom is 0.319 e. The third kappa shape index (κ3) is 12.1. The van der Waals surface area contributed by atoms with Crippen molar-refractivity contribution in [1.29, 1.82) is 0 Å². The number of fused-ring (bicyclic) bond motifs is 1. The molecular formula is C43H52FN7O6S2. The van der Waals surface area contributed by atoms with E-state index >= 15 is 4.39 Å². The second-order valence-corrected chi connectivity index (χ2v) is 17.7. The summed E-state index contributed by atoms with van der Waals surface area (Å²) < 4.78 is 27.1. The van der Waals surface area contributed by atoms with Gasteiger partial charge in [0.1, 0.15) is 5.75 Å². The zero-order chi connectivity index (χ0) is 41.1. The number of hydrogen-bond acceptors (Lipinski definition) is 11. The minimum absolute atomic E-state index is 0.0354. The fourth-order valence-corrected chi connectivity index (χ4v) is 9.70. The van der Waals surface area contributed by atoms with E-state index in [-0.39, 0.29) is 54.7 Å². The molecule has 314 valence electrons. The van der Waals surface area contributed by atoms with Gasteiger partial charge in [-0.05, 0) is 74.1 Å². The maximum absolute atomic E-state index is 15.0. The number of benzene rings is 1. The molecule has 4 aromatic rings. The number of nitrogens with zero attached hydrogens (tertiary/aromatic N) is 4. The normalized spacial score (nSPS) is 18.1. The summed E-state index contributed by atoms with van der Waals surface area (Å²) in [5.41, 5.74) is 2.87. The Morgan fingerprint density at radius 2 is 1.76 bits per heavy atom. The van der Waals surface area contributed by atoms with Crippen LogP contribution in [0.25, 0.3) is 20.8 Å². The van der Waals surface area contributed by atoms with Gasteiger partial charge in [0.15, 0.2) is 18.2 Å². The van der Waals surface area contributed by atoms with E-state index in [4.69, 9.17) is 14.5 Å². The van der Waals surface area contributed by atoms with Crippen LogP contribution in [0.4, 0.5) is 14.9 Å². The van der Waals surface area contributed by atoms with Crippen LogP contribution in [-0.2, 0) is 25.7 Å². The van der Waals surface area contributed by atoms with Gasteiger partial charge in [0.05, 0.1) is 20.8 Å². The molecule has 16 heteroatoms. The number of piperazine rings is 1. The summed E-state index contributed by atoms with van der Waals surface area (Å²) >= 11 is 3.36. The highest BCUT2D eigenvalue weighted by atomic mass is 32.2. The Labute approximate surface area is 352 Å². The van der Waals surface area contributed by atoms with Crippen LogP contribution in [-0.4, -0.2) is 99.5 Å². The van der Waals surface area contributed by atoms with E-state index in [1.54, 1.807) is 23.2 Å². The highest BCUT2D eigenvalue weighted by molar-refractivity contribution is 8.00. The predicted molar refractivity (Wildman–Crippen MR) is 228 cm³/mol. The molecule has 2 atom stereocenters. The number of halogens is 1. The molecule has 2 aliphatic heterocycles. The van der Waals surface area contributed by atoms with Crippen LogP contribution < -0.4 is 20.7 Å². The number of carbonyl (C=O) groups excluding carboxylic acids is 4. The van der Waals surface area contributed by atoms with Gasteiger partial charge in [-0.25, -0.2) is 9.18 Å². The van der Waals surface area contributed by atoms with E-state index in [0.29, 0.717) is 67.8 Å². The lowest BCUT2D eigenvalue weighted by molar-refractivity contribution is -0.152. The highest BCUT2D eigenvalue weighted by Gasteiger charge is 2.29. The number of thiophene rings is 1. The number of carbonyl (C=O) groups is 4. The molecule has 1 saturated carbocycles. The molecule has 13 nitrogen and oxygen atoms in total. The van der Waals surface area contributed by atoms with Crippen molar-refractivity contribution in [2.24, 2.45) is 0 Å². The average molecular weight is 846 g/mol. The van der Waals surface area contributed by atoms with Crippen molar-refractivity contribution in [3.63, 3.8) is 0 Å². The first kappa shape index (κ1) is 42.3. The van der Waals surface area contributed by atoms with E-state index in [9.17, 15) is 19.2 Å². The number of urea groups is 1. The number of aromatic nitrogens is 2. The smallest absolute Gasteiger partial charge is 0.319 e. The summed E-state index contributed by atoms with van der Waals surface area (Å²) in [6, 6.07) is 12.0. The maximum atomic E-state index is 15.0. The van der Waals surface area contributed by atoms with Crippen LogP contribution in [0, 0.1) is 5.82 Å². The van der Waals surface area contributed by atoms with E-state index in [2.05, 4.69) is 32.8 Å². The number of rotatable bonds is 18. The molecule has 5 heterocycles. The fraction of sp³-hybridized carbons (Fsp3) is 0.488. The van der Waals surface area contributed by atoms with Crippen LogP contribution in [0.5, 0.6) is 11.5 Å². The second-order valence-electron chi connectivity index (χ2n) is 15.3. The van der Waals surface area contributed by atoms with Crippen molar-refractivity contribution in [2.45, 2.75) is 95.0 Å². The molecule has 3 aliphatic rings. The standard InChI is InChI=1S/C43H52FN7O6S2/c1-2-3-7-39(52)49-33-16-22-58-37(33)6-4-5-8-41(54)56-27-40(53)51-20-18-50(19-21-51)26-28-9-13-32(46-25-28)38-24-34-42(59-38)36(15-17-45-34)57-35-14-12-30(23-31(35)44)48-43(55)47-29-10-11-29/h9,12-15,17,23-25,29,33,37H,2-8,10-11,16,18-22,26-27H2,1H3,(H,49,52)(H2,47,48,55). The van der Waals surface area contributed by atoms with Crippen LogP contribution >= 0.6 is 23.1 Å². The van der Waals surface area contributed by atoms with Gasteiger partial charge < -0.3 is 30.3 Å². The first-order valence-corrected chi connectivity index (χ1v) is 22.5. The first-order valence-electron chi connectivity index (χ1n) is 20.7. The zero-order valence-electron chi connectivity index (χ0n) is 33.4. The molecule has 1 aromatic carbocycles. The molecule has 0 spiro atoms. The molecule has 1 aliphatic carbocycles. The Balaban J connectivity index is 0.814. The monoisotopic (exact) mass is 845 g/mol. The second kappa shape index (κ2) is 20.4. The van der Waals surface area contributed by atoms with Crippen molar-refractivity contribution in [2.75, 3.05) is 43.9 Å². The quantitative estimate of drug-likeness (QED) is 0.0678. The molecule has 7 rings (SSSR count). The van der Waals surface area contributed by atoms with Crippen LogP contribution in [0.15, 0.2) is 54.9 Å². The molecule has 3 fully saturated rings. The molecule has 59 heavy (non-hydrogen) atoms. The minimum atomic E-state index is -0.598. The summed E-state index contributed by atoms with van der Waals surface area (Å²) in [4.78, 5) is 63.6. The average Bonchev–Trinajstić information content (AvgIpc) is 3.75. The van der Waals surface area contributed by atoms with Gasteiger partial charge in [-0.3, -0.25) is 29.3 Å². The van der Waals surface area contributed by atoms with Gasteiger partial charge in [-0.2, -0.15) is 11.8 Å². The van der Waals surface area contributed by atoms with Crippen LogP contribution in [0.3, 0.4) is 0 Å². The van der Waals surface area contributed by atoms with Crippen molar-refractivity contribution in [3.8, 4) is 22.1 Å². The number of thioether (sulfide) groups is 1. The zero-order valence-corrected chi connectivity index (χ0v) is 35.0. The molecule has 0 bridgehead atoms. The van der Waals surface area contributed by atoms with Crippen molar-refractivity contribution in [1.82, 2.24) is 30.4 Å². The van der Waals surface area contributed by atoms with Gasteiger partial charge in [0, 0.05) is 93.1 Å². The number of esters is 1. The van der Waals surface area contributed by atoms with E-state index in [1.807, 2.05) is 36.2 Å².